The number of azide groups is 1. The van der Waals surface area contributed by atoms with Crippen LogP contribution in [-0.4, -0.2) is 79.6 Å². The number of benzene rings is 2. The van der Waals surface area contributed by atoms with Gasteiger partial charge in [0.1, 0.15) is 0 Å². The quantitative estimate of drug-likeness (QED) is 0.148. The van der Waals surface area contributed by atoms with Crippen molar-refractivity contribution in [3.63, 3.8) is 0 Å². The van der Waals surface area contributed by atoms with E-state index >= 15 is 0 Å². The van der Waals surface area contributed by atoms with Crippen LogP contribution in [0.25, 0.3) is 10.4 Å². The van der Waals surface area contributed by atoms with Crippen LogP contribution in [0, 0.1) is 0 Å². The Labute approximate surface area is 227 Å². The van der Waals surface area contributed by atoms with E-state index in [2.05, 4.69) is 19.6 Å². The standard InChI is InChI=1S/C24H31Cl2N5O5S/c1-31-16-22(21-14-19(25)15-24(26)23(21)17-31)18-2-4-20(5-3-18)37(32,33)29-7-9-35-11-13-36-12-10-34-8-6-28-30-27/h2-5,14-15,22,29H,6-13,16-17H2,1H3/t22-/m1/s1. The molecule has 0 saturated carbocycles. The third-order valence-electron chi connectivity index (χ3n) is 5.77. The second-order valence-corrected chi connectivity index (χ2v) is 11.1. The van der Waals surface area contributed by atoms with Gasteiger partial charge < -0.3 is 19.1 Å². The third kappa shape index (κ3) is 9.10. The molecule has 1 aliphatic heterocycles. The van der Waals surface area contributed by atoms with Gasteiger partial charge in [-0.05, 0) is 53.5 Å². The maximum atomic E-state index is 12.7. The van der Waals surface area contributed by atoms with Crippen LogP contribution < -0.4 is 4.72 Å². The van der Waals surface area contributed by atoms with Crippen molar-refractivity contribution in [1.82, 2.24) is 9.62 Å². The van der Waals surface area contributed by atoms with Crippen molar-refractivity contribution in [2.75, 3.05) is 66.3 Å². The van der Waals surface area contributed by atoms with Gasteiger partial charge in [-0.25, -0.2) is 13.1 Å². The summed E-state index contributed by atoms with van der Waals surface area (Å²) < 4.78 is 43.9. The van der Waals surface area contributed by atoms with Gasteiger partial charge in [-0.2, -0.15) is 0 Å². The molecule has 2 aromatic rings. The number of hydrogen-bond acceptors (Lipinski definition) is 7. The van der Waals surface area contributed by atoms with Crippen LogP contribution >= 0.6 is 23.2 Å². The molecule has 0 saturated heterocycles. The van der Waals surface area contributed by atoms with Gasteiger partial charge in [0, 0.05) is 47.1 Å². The lowest BCUT2D eigenvalue weighted by Crippen LogP contribution is -2.31. The lowest BCUT2D eigenvalue weighted by Gasteiger charge is -2.33. The zero-order valence-electron chi connectivity index (χ0n) is 20.6. The van der Waals surface area contributed by atoms with Crippen LogP contribution in [0.2, 0.25) is 10.0 Å². The molecule has 1 atom stereocenters. The van der Waals surface area contributed by atoms with Gasteiger partial charge in [0.25, 0.3) is 0 Å². The average Bonchev–Trinajstić information content (AvgIpc) is 2.87. The Balaban J connectivity index is 1.42. The SMILES string of the molecule is CN1Cc2c(Cl)cc(Cl)cc2[C@@H](c2ccc(S(=O)(=O)NCCOCCOCCOCCN=[N+]=[N-])cc2)C1. The Bertz CT molecular complexity index is 1180. The molecule has 0 aliphatic carbocycles. The van der Waals surface area contributed by atoms with Gasteiger partial charge in [0.05, 0.1) is 44.5 Å². The van der Waals surface area contributed by atoms with Crippen molar-refractivity contribution in [2.45, 2.75) is 17.4 Å². The van der Waals surface area contributed by atoms with Crippen molar-refractivity contribution in [3.8, 4) is 0 Å². The van der Waals surface area contributed by atoms with Crippen LogP contribution in [0.1, 0.15) is 22.6 Å². The Morgan fingerprint density at radius 2 is 1.70 bits per heavy atom. The first-order valence-corrected chi connectivity index (χ1v) is 14.1. The summed E-state index contributed by atoms with van der Waals surface area (Å²) >= 11 is 12.7. The lowest BCUT2D eigenvalue weighted by molar-refractivity contribution is 0.0171. The summed E-state index contributed by atoms with van der Waals surface area (Å²) in [6, 6.07) is 10.6. The molecule has 0 unspecified atom stereocenters. The number of likely N-dealkylation sites (N-methyl/N-ethyl adjacent to an activating group) is 1. The Morgan fingerprint density at radius 3 is 2.38 bits per heavy atom. The molecule has 202 valence electrons. The van der Waals surface area contributed by atoms with E-state index < -0.39 is 10.0 Å². The summed E-state index contributed by atoms with van der Waals surface area (Å²) in [7, 11) is -1.64. The van der Waals surface area contributed by atoms with Gasteiger partial charge in [0.15, 0.2) is 0 Å². The molecule has 0 fully saturated rings. The first-order valence-electron chi connectivity index (χ1n) is 11.8. The van der Waals surface area contributed by atoms with E-state index in [1.165, 1.54) is 0 Å². The van der Waals surface area contributed by atoms with Gasteiger partial charge in [-0.3, -0.25) is 0 Å². The number of rotatable bonds is 15. The van der Waals surface area contributed by atoms with Crippen LogP contribution in [0.3, 0.4) is 0 Å². The van der Waals surface area contributed by atoms with E-state index in [1.54, 1.807) is 18.2 Å². The number of hydrogen-bond donors (Lipinski definition) is 1. The van der Waals surface area contributed by atoms with E-state index in [1.807, 2.05) is 25.2 Å². The highest BCUT2D eigenvalue weighted by atomic mass is 35.5. The smallest absolute Gasteiger partial charge is 0.240 e. The number of fused-ring (bicyclic) bond motifs is 1. The lowest BCUT2D eigenvalue weighted by atomic mass is 9.85. The number of nitrogens with one attached hydrogen (secondary N) is 1. The summed E-state index contributed by atoms with van der Waals surface area (Å²) in [6.07, 6.45) is 0. The number of nitrogens with zero attached hydrogens (tertiary/aromatic N) is 4. The third-order valence-corrected chi connectivity index (χ3v) is 7.80. The van der Waals surface area contributed by atoms with Gasteiger partial charge in [0.2, 0.25) is 10.0 Å². The first kappa shape index (κ1) is 29.6. The number of halogens is 2. The summed E-state index contributed by atoms with van der Waals surface area (Å²) in [5, 5.41) is 4.59. The molecular formula is C24H31Cl2N5O5S. The molecule has 0 amide bonds. The maximum Gasteiger partial charge on any atom is 0.240 e. The van der Waals surface area contributed by atoms with Crippen LogP contribution in [0.4, 0.5) is 0 Å². The predicted molar refractivity (Wildman–Crippen MR) is 143 cm³/mol. The predicted octanol–water partition coefficient (Wildman–Crippen LogP) is 4.21. The molecule has 1 N–H and O–H groups in total. The molecule has 2 aromatic carbocycles. The average molecular weight is 573 g/mol. The highest BCUT2D eigenvalue weighted by Gasteiger charge is 2.27. The van der Waals surface area contributed by atoms with Crippen molar-refractivity contribution < 1.29 is 22.6 Å². The van der Waals surface area contributed by atoms with Crippen molar-refractivity contribution in [1.29, 1.82) is 0 Å². The second-order valence-electron chi connectivity index (χ2n) is 8.46. The topological polar surface area (TPSA) is 126 Å². The largest absolute Gasteiger partial charge is 0.379 e. The molecular weight excluding hydrogens is 541 g/mol. The van der Waals surface area contributed by atoms with Crippen molar-refractivity contribution in [3.05, 3.63) is 73.6 Å². The normalized spacial score (nSPS) is 15.8. The van der Waals surface area contributed by atoms with Gasteiger partial charge >= 0.3 is 0 Å². The summed E-state index contributed by atoms with van der Waals surface area (Å²) in [4.78, 5) is 5.01. The molecule has 1 heterocycles. The molecule has 1 aliphatic rings. The van der Waals surface area contributed by atoms with Crippen LogP contribution in [0.5, 0.6) is 0 Å². The van der Waals surface area contributed by atoms with E-state index in [0.717, 1.165) is 29.8 Å². The van der Waals surface area contributed by atoms with Crippen LogP contribution in [0.15, 0.2) is 46.4 Å². The summed E-state index contributed by atoms with van der Waals surface area (Å²) in [5.74, 6) is 0.0366. The fourth-order valence-corrected chi connectivity index (χ4v) is 5.62. The second kappa shape index (κ2) is 14.9. The number of sulfonamides is 1. The minimum Gasteiger partial charge on any atom is -0.379 e. The van der Waals surface area contributed by atoms with Gasteiger partial charge in [-0.15, -0.1) is 0 Å². The van der Waals surface area contributed by atoms with E-state index in [4.69, 9.17) is 42.9 Å². The van der Waals surface area contributed by atoms with Crippen LogP contribution in [-0.2, 0) is 30.8 Å². The first-order chi connectivity index (χ1) is 17.8. The van der Waals surface area contributed by atoms with E-state index in [0.29, 0.717) is 43.1 Å². The van der Waals surface area contributed by atoms with E-state index in [-0.39, 0.29) is 30.5 Å². The molecule has 0 radical (unpaired) electrons. The maximum absolute atomic E-state index is 12.7. The molecule has 37 heavy (non-hydrogen) atoms. The van der Waals surface area contributed by atoms with Gasteiger partial charge in [-0.1, -0.05) is 40.4 Å². The minimum absolute atomic E-state index is 0.0366. The summed E-state index contributed by atoms with van der Waals surface area (Å²) in [5.41, 5.74) is 11.3. The van der Waals surface area contributed by atoms with Crippen molar-refractivity contribution in [2.24, 2.45) is 5.11 Å². The Hall–Kier alpha value is -1.92. The zero-order valence-corrected chi connectivity index (χ0v) is 22.9. The molecule has 0 spiro atoms. The fourth-order valence-electron chi connectivity index (χ4n) is 4.03. The van der Waals surface area contributed by atoms with E-state index in [9.17, 15) is 8.42 Å². The Morgan fingerprint density at radius 1 is 1.05 bits per heavy atom. The zero-order chi connectivity index (χ0) is 26.7. The molecule has 13 heteroatoms. The number of ether oxygens (including phenoxy) is 3. The monoisotopic (exact) mass is 571 g/mol. The summed E-state index contributed by atoms with van der Waals surface area (Å²) in [6.45, 7) is 4.00. The molecule has 0 aromatic heterocycles. The molecule has 0 bridgehead atoms. The molecule has 3 rings (SSSR count). The highest BCUT2D eigenvalue weighted by Crippen LogP contribution is 2.38. The van der Waals surface area contributed by atoms with Crippen molar-refractivity contribution >= 4 is 33.2 Å². The highest BCUT2D eigenvalue weighted by molar-refractivity contribution is 7.89. The fraction of sp³-hybridized carbons (Fsp3) is 0.500. The molecule has 10 nitrogen and oxygen atoms in total. The minimum atomic E-state index is -3.67. The Kier molecular flexibility index (Phi) is 11.9.